The molecule has 0 unspecified atom stereocenters. The molecule has 0 aliphatic carbocycles. The lowest BCUT2D eigenvalue weighted by Crippen LogP contribution is -2.19. The van der Waals surface area contributed by atoms with Gasteiger partial charge in [0.2, 0.25) is 0 Å². The molecule has 0 atom stereocenters. The maximum atomic E-state index is 12.2. The molecule has 0 saturated heterocycles. The molecule has 8 heteroatoms. The Morgan fingerprint density at radius 2 is 2.10 bits per heavy atom. The number of aromatic amines is 1. The lowest BCUT2D eigenvalue weighted by Gasteiger charge is -2.18. The van der Waals surface area contributed by atoms with E-state index in [0.29, 0.717) is 10.7 Å². The van der Waals surface area contributed by atoms with Crippen molar-refractivity contribution in [3.05, 3.63) is 40.9 Å². The first-order valence-electron chi connectivity index (χ1n) is 5.95. The third-order valence-electron chi connectivity index (χ3n) is 2.76. The normalized spacial score (nSPS) is 10.2. The van der Waals surface area contributed by atoms with Crippen LogP contribution < -0.4 is 10.2 Å². The first kappa shape index (κ1) is 14.9. The van der Waals surface area contributed by atoms with Crippen molar-refractivity contribution in [2.75, 3.05) is 24.3 Å². The molecule has 1 amide bonds. The van der Waals surface area contributed by atoms with Crippen molar-refractivity contribution in [1.82, 2.24) is 9.97 Å². The third kappa shape index (κ3) is 3.14. The number of aromatic carboxylic acids is 1. The smallest absolute Gasteiger partial charge is 0.354 e. The Balaban J connectivity index is 2.33. The van der Waals surface area contributed by atoms with Gasteiger partial charge < -0.3 is 20.3 Å². The summed E-state index contributed by atoms with van der Waals surface area (Å²) < 4.78 is 0. The van der Waals surface area contributed by atoms with Gasteiger partial charge in [-0.3, -0.25) is 4.79 Å². The predicted molar refractivity (Wildman–Crippen MR) is 79.3 cm³/mol. The van der Waals surface area contributed by atoms with Crippen molar-refractivity contribution in [3.63, 3.8) is 0 Å². The van der Waals surface area contributed by atoms with Crippen molar-refractivity contribution >= 4 is 34.9 Å². The van der Waals surface area contributed by atoms with E-state index in [4.69, 9.17) is 16.7 Å². The fraction of sp³-hybridized carbons (Fsp3) is 0.154. The van der Waals surface area contributed by atoms with E-state index >= 15 is 0 Å². The highest BCUT2D eigenvalue weighted by atomic mass is 35.5. The van der Waals surface area contributed by atoms with Crippen LogP contribution in [0.2, 0.25) is 5.02 Å². The van der Waals surface area contributed by atoms with Crippen LogP contribution in [0.4, 0.5) is 11.4 Å². The van der Waals surface area contributed by atoms with Gasteiger partial charge in [0.25, 0.3) is 5.91 Å². The van der Waals surface area contributed by atoms with Gasteiger partial charge in [0, 0.05) is 19.1 Å². The Morgan fingerprint density at radius 3 is 2.71 bits per heavy atom. The molecule has 1 aromatic carbocycles. The Hall–Kier alpha value is -2.54. The predicted octanol–water partition coefficient (Wildman–Crippen LogP) is 2.08. The first-order valence-corrected chi connectivity index (χ1v) is 6.33. The van der Waals surface area contributed by atoms with Gasteiger partial charge in [0.15, 0.2) is 11.4 Å². The molecule has 0 radical (unpaired) electrons. The number of carbonyl (C=O) groups is 2. The van der Waals surface area contributed by atoms with Crippen LogP contribution in [0.1, 0.15) is 21.0 Å². The first-order chi connectivity index (χ1) is 9.90. The van der Waals surface area contributed by atoms with Gasteiger partial charge in [-0.05, 0) is 18.2 Å². The van der Waals surface area contributed by atoms with E-state index < -0.39 is 11.9 Å². The minimum atomic E-state index is -1.25. The van der Waals surface area contributed by atoms with Crippen molar-refractivity contribution in [3.8, 4) is 0 Å². The molecule has 21 heavy (non-hydrogen) atoms. The SMILES string of the molecule is CN(C)c1ccc(Cl)cc1NC(=O)c1nc[nH]c1C(=O)O. The summed E-state index contributed by atoms with van der Waals surface area (Å²) in [6.45, 7) is 0. The van der Waals surface area contributed by atoms with Crippen LogP contribution in [-0.4, -0.2) is 41.0 Å². The number of nitrogens with zero attached hydrogens (tertiary/aromatic N) is 2. The number of H-pyrrole nitrogens is 1. The summed E-state index contributed by atoms with van der Waals surface area (Å²) in [6.07, 6.45) is 1.16. The van der Waals surface area contributed by atoms with Crippen LogP contribution in [0.15, 0.2) is 24.5 Å². The number of nitrogens with one attached hydrogen (secondary N) is 2. The molecule has 2 rings (SSSR count). The summed E-state index contributed by atoms with van der Waals surface area (Å²) in [5, 5.41) is 12.1. The monoisotopic (exact) mass is 308 g/mol. The fourth-order valence-corrected chi connectivity index (χ4v) is 1.98. The number of imidazole rings is 1. The van der Waals surface area contributed by atoms with Gasteiger partial charge in [-0.2, -0.15) is 0 Å². The van der Waals surface area contributed by atoms with E-state index in [1.165, 1.54) is 0 Å². The summed E-state index contributed by atoms with van der Waals surface area (Å²) in [7, 11) is 3.63. The number of carboxylic acids is 1. The highest BCUT2D eigenvalue weighted by Gasteiger charge is 2.20. The zero-order chi connectivity index (χ0) is 15.6. The van der Waals surface area contributed by atoms with Gasteiger partial charge in [0.1, 0.15) is 0 Å². The number of amides is 1. The number of hydrogen-bond acceptors (Lipinski definition) is 4. The zero-order valence-electron chi connectivity index (χ0n) is 11.3. The summed E-state index contributed by atoms with van der Waals surface area (Å²) in [5.41, 5.74) is 0.755. The van der Waals surface area contributed by atoms with Crippen molar-refractivity contribution < 1.29 is 14.7 Å². The summed E-state index contributed by atoms with van der Waals surface area (Å²) >= 11 is 5.93. The average molecular weight is 309 g/mol. The Bertz CT molecular complexity index is 696. The second-order valence-electron chi connectivity index (χ2n) is 4.44. The fourth-order valence-electron chi connectivity index (χ4n) is 1.81. The Morgan fingerprint density at radius 1 is 1.38 bits per heavy atom. The minimum Gasteiger partial charge on any atom is -0.477 e. The molecule has 1 heterocycles. The van der Waals surface area contributed by atoms with Crippen LogP contribution in [0.5, 0.6) is 0 Å². The molecular formula is C13H13ClN4O3. The summed E-state index contributed by atoms with van der Waals surface area (Å²) in [5.74, 6) is -1.88. The molecule has 0 saturated carbocycles. The number of rotatable bonds is 4. The largest absolute Gasteiger partial charge is 0.477 e. The van der Waals surface area contributed by atoms with Gasteiger partial charge in [-0.25, -0.2) is 9.78 Å². The number of hydrogen-bond donors (Lipinski definition) is 3. The van der Waals surface area contributed by atoms with Crippen molar-refractivity contribution in [2.45, 2.75) is 0 Å². The molecule has 1 aromatic heterocycles. The van der Waals surface area contributed by atoms with E-state index in [1.807, 2.05) is 14.1 Å². The third-order valence-corrected chi connectivity index (χ3v) is 2.99. The highest BCUT2D eigenvalue weighted by Crippen LogP contribution is 2.28. The van der Waals surface area contributed by atoms with E-state index in [-0.39, 0.29) is 11.4 Å². The number of carboxylic acid groups (broad SMARTS) is 1. The second-order valence-corrected chi connectivity index (χ2v) is 4.88. The standard InChI is InChI=1S/C13H13ClN4O3/c1-18(2)9-4-3-7(14)5-8(9)17-12(19)10-11(13(20)21)16-6-15-10/h3-6H,1-2H3,(H,15,16)(H,17,19)(H,20,21). The van der Waals surface area contributed by atoms with Gasteiger partial charge in [-0.1, -0.05) is 11.6 Å². The molecule has 0 bridgehead atoms. The van der Waals surface area contributed by atoms with Crippen LogP contribution >= 0.6 is 11.6 Å². The van der Waals surface area contributed by atoms with Gasteiger partial charge >= 0.3 is 5.97 Å². The van der Waals surface area contributed by atoms with E-state index in [0.717, 1.165) is 12.0 Å². The highest BCUT2D eigenvalue weighted by molar-refractivity contribution is 6.31. The van der Waals surface area contributed by atoms with Crippen molar-refractivity contribution in [2.24, 2.45) is 0 Å². The molecule has 0 aliphatic rings. The molecular weight excluding hydrogens is 296 g/mol. The van der Waals surface area contributed by atoms with Gasteiger partial charge in [0.05, 0.1) is 17.7 Å². The molecule has 2 aromatic rings. The van der Waals surface area contributed by atoms with Crippen LogP contribution in [0, 0.1) is 0 Å². The average Bonchev–Trinajstić information content (AvgIpc) is 2.87. The van der Waals surface area contributed by atoms with Crippen LogP contribution in [0.3, 0.4) is 0 Å². The lowest BCUT2D eigenvalue weighted by molar-refractivity contribution is 0.0686. The number of carbonyl (C=O) groups excluding carboxylic acids is 1. The van der Waals surface area contributed by atoms with Crippen LogP contribution in [-0.2, 0) is 0 Å². The van der Waals surface area contributed by atoms with Crippen LogP contribution in [0.25, 0.3) is 0 Å². The van der Waals surface area contributed by atoms with Crippen molar-refractivity contribution in [1.29, 1.82) is 0 Å². The quantitative estimate of drug-likeness (QED) is 0.803. The minimum absolute atomic E-state index is 0.188. The van der Waals surface area contributed by atoms with E-state index in [1.54, 1.807) is 23.1 Å². The molecule has 0 fully saturated rings. The number of halogens is 1. The molecule has 110 valence electrons. The summed E-state index contributed by atoms with van der Waals surface area (Å²) in [4.78, 5) is 31.1. The van der Waals surface area contributed by atoms with E-state index in [2.05, 4.69) is 15.3 Å². The molecule has 0 aliphatic heterocycles. The summed E-state index contributed by atoms with van der Waals surface area (Å²) in [6, 6.07) is 5.03. The zero-order valence-corrected chi connectivity index (χ0v) is 12.1. The molecule has 0 spiro atoms. The number of benzene rings is 1. The Labute approximate surface area is 125 Å². The number of aromatic nitrogens is 2. The maximum absolute atomic E-state index is 12.2. The Kier molecular flexibility index (Phi) is 4.13. The maximum Gasteiger partial charge on any atom is 0.354 e. The molecule has 3 N–H and O–H groups in total. The van der Waals surface area contributed by atoms with Gasteiger partial charge in [-0.15, -0.1) is 0 Å². The topological polar surface area (TPSA) is 98.3 Å². The molecule has 7 nitrogen and oxygen atoms in total. The van der Waals surface area contributed by atoms with E-state index in [9.17, 15) is 9.59 Å². The number of anilines is 2. The second kappa shape index (κ2) is 5.84. The lowest BCUT2D eigenvalue weighted by atomic mass is 10.2.